The molecule has 2 amide bonds. The molecule has 2 N–H and O–H groups in total. The fourth-order valence-corrected chi connectivity index (χ4v) is 6.27. The van der Waals surface area contributed by atoms with Gasteiger partial charge in [0.25, 0.3) is 5.91 Å². The molecule has 0 spiro atoms. The van der Waals surface area contributed by atoms with Crippen molar-refractivity contribution in [1.82, 2.24) is 20.4 Å². The Bertz CT molecular complexity index is 1760. The van der Waals surface area contributed by atoms with E-state index in [-0.39, 0.29) is 11.3 Å². The number of nitrogens with zero attached hydrogens (tertiary/aromatic N) is 2. The number of hydrogen-bond donors (Lipinski definition) is 2. The summed E-state index contributed by atoms with van der Waals surface area (Å²) in [4.78, 5) is 67.4. The van der Waals surface area contributed by atoms with E-state index in [1.807, 2.05) is 13.8 Å². The van der Waals surface area contributed by atoms with Crippen molar-refractivity contribution in [2.45, 2.75) is 92.3 Å². The van der Waals surface area contributed by atoms with Crippen molar-refractivity contribution in [3.8, 4) is 11.5 Å². The first-order valence-electron chi connectivity index (χ1n) is 16.7. The molecule has 4 rings (SSSR count). The molecule has 1 aliphatic rings. The zero-order valence-electron chi connectivity index (χ0n) is 29.5. The number of carbonyl (C=O) groups excluding carboxylic acids is 4. The Morgan fingerprint density at radius 3 is 2.28 bits per heavy atom. The maximum atomic E-state index is 14.4. The molecule has 0 saturated carbocycles. The molecule has 0 bridgehead atoms. The number of hydrogen-bond acceptors (Lipinski definition) is 9. The minimum absolute atomic E-state index is 0.0481. The lowest BCUT2D eigenvalue weighted by atomic mass is 9.74. The van der Waals surface area contributed by atoms with Crippen LogP contribution in [0.4, 0.5) is 4.39 Å². The normalized spacial score (nSPS) is 16.8. The van der Waals surface area contributed by atoms with E-state index in [2.05, 4.69) is 15.5 Å². The minimum Gasteiger partial charge on any atom is -0.451 e. The molecule has 2 aromatic carbocycles. The molecule has 0 unspecified atom stereocenters. The highest BCUT2D eigenvalue weighted by Crippen LogP contribution is 2.47. The number of halogens is 1. The third-order valence-corrected chi connectivity index (χ3v) is 9.13. The zero-order valence-corrected chi connectivity index (χ0v) is 29.5. The lowest BCUT2D eigenvalue weighted by Crippen LogP contribution is -2.56. The first-order valence-corrected chi connectivity index (χ1v) is 16.7. The van der Waals surface area contributed by atoms with Gasteiger partial charge in [-0.25, -0.2) is 9.49 Å². The lowest BCUT2D eigenvalue weighted by Gasteiger charge is -2.42. The van der Waals surface area contributed by atoms with Crippen LogP contribution in [0.1, 0.15) is 94.9 Å². The Morgan fingerprint density at radius 2 is 1.66 bits per heavy atom. The molecule has 13 heteroatoms. The van der Waals surface area contributed by atoms with Gasteiger partial charge in [0.05, 0.1) is 22.6 Å². The van der Waals surface area contributed by atoms with Crippen LogP contribution in [0.3, 0.4) is 0 Å². The van der Waals surface area contributed by atoms with Crippen molar-refractivity contribution in [2.24, 2.45) is 10.8 Å². The Balaban J connectivity index is 1.56. The van der Waals surface area contributed by atoms with E-state index in [0.717, 1.165) is 0 Å². The zero-order chi connectivity index (χ0) is 36.8. The highest BCUT2D eigenvalue weighted by Gasteiger charge is 2.53. The van der Waals surface area contributed by atoms with E-state index in [1.165, 1.54) is 42.5 Å². The van der Waals surface area contributed by atoms with Crippen molar-refractivity contribution in [2.75, 3.05) is 6.79 Å². The summed E-state index contributed by atoms with van der Waals surface area (Å²) in [5.41, 5.74) is -1.12. The summed E-state index contributed by atoms with van der Waals surface area (Å²) >= 11 is 0. The topological polar surface area (TPSA) is 157 Å². The number of carbonyl (C=O) groups is 4. The van der Waals surface area contributed by atoms with Crippen LogP contribution in [0.2, 0.25) is 0 Å². The molecule has 0 radical (unpaired) electrons. The Kier molecular flexibility index (Phi) is 11.8. The summed E-state index contributed by atoms with van der Waals surface area (Å²) in [6.45, 7) is 11.4. The number of likely N-dealkylation sites (tertiary alicyclic amines) is 1. The molecule has 2 heterocycles. The third-order valence-electron chi connectivity index (χ3n) is 9.13. The number of H-pyrrole nitrogens is 1. The van der Waals surface area contributed by atoms with E-state index >= 15 is 0 Å². The van der Waals surface area contributed by atoms with E-state index in [9.17, 15) is 28.4 Å². The van der Waals surface area contributed by atoms with Gasteiger partial charge >= 0.3 is 17.5 Å². The second kappa shape index (κ2) is 15.6. The minimum atomic E-state index is -1.18. The van der Waals surface area contributed by atoms with Crippen molar-refractivity contribution in [3.05, 3.63) is 87.6 Å². The number of benzene rings is 2. The van der Waals surface area contributed by atoms with Gasteiger partial charge in [-0.15, -0.1) is 0 Å². The molecular weight excluding hydrogens is 647 g/mol. The van der Waals surface area contributed by atoms with Crippen LogP contribution in [-0.2, 0) is 23.9 Å². The average Bonchev–Trinajstić information content (AvgIpc) is 3.52. The number of aromatic amines is 1. The van der Waals surface area contributed by atoms with Crippen LogP contribution < -0.4 is 15.6 Å². The van der Waals surface area contributed by atoms with E-state index < -0.39 is 70.9 Å². The number of aryl methyl sites for hydroxylation is 1. The summed E-state index contributed by atoms with van der Waals surface area (Å²) in [6.07, 6.45) is 1.46. The van der Waals surface area contributed by atoms with Crippen LogP contribution in [-0.4, -0.2) is 57.7 Å². The van der Waals surface area contributed by atoms with Gasteiger partial charge in [0.15, 0.2) is 5.75 Å². The molecule has 1 saturated heterocycles. The molecule has 1 aromatic heterocycles. The molecule has 0 aliphatic carbocycles. The van der Waals surface area contributed by atoms with Gasteiger partial charge in [0.1, 0.15) is 17.6 Å². The SMILES string of the molecule is CCC(CC)(C(=O)OCOC(=O)C(C)(C)C)[C@H]1CC[C@@H](c2cccc(F)c2)N1C(=O)[C@@H](C)NC(=O)c1ccc(Oc2cc(C)n[nH]c2=O)cc1. The van der Waals surface area contributed by atoms with Gasteiger partial charge in [-0.1, -0.05) is 26.0 Å². The molecule has 3 atom stereocenters. The number of nitrogens with one attached hydrogen (secondary N) is 2. The Morgan fingerprint density at radius 1 is 1.00 bits per heavy atom. The van der Waals surface area contributed by atoms with E-state index in [0.29, 0.717) is 42.7 Å². The first-order chi connectivity index (χ1) is 23.6. The molecular formula is C37H45FN4O8. The molecule has 12 nitrogen and oxygen atoms in total. The number of esters is 2. The summed E-state index contributed by atoms with van der Waals surface area (Å²) in [5, 5.41) is 8.92. The monoisotopic (exact) mass is 692 g/mol. The maximum Gasteiger partial charge on any atom is 0.317 e. The highest BCUT2D eigenvalue weighted by atomic mass is 19.1. The highest BCUT2D eigenvalue weighted by molar-refractivity contribution is 5.97. The van der Waals surface area contributed by atoms with Gasteiger partial charge in [-0.3, -0.25) is 24.0 Å². The quantitative estimate of drug-likeness (QED) is 0.178. The predicted molar refractivity (Wildman–Crippen MR) is 182 cm³/mol. The fourth-order valence-electron chi connectivity index (χ4n) is 6.27. The van der Waals surface area contributed by atoms with Gasteiger partial charge in [0, 0.05) is 17.7 Å². The van der Waals surface area contributed by atoms with Crippen LogP contribution in [0, 0.1) is 23.6 Å². The van der Waals surface area contributed by atoms with E-state index in [1.54, 1.807) is 51.7 Å². The van der Waals surface area contributed by atoms with Gasteiger partial charge in [-0.05, 0) is 102 Å². The first kappa shape index (κ1) is 37.7. The van der Waals surface area contributed by atoms with Gasteiger partial charge in [-0.2, -0.15) is 5.10 Å². The lowest BCUT2D eigenvalue weighted by molar-refractivity contribution is -0.183. The number of amides is 2. The molecule has 50 heavy (non-hydrogen) atoms. The Labute approximate surface area is 290 Å². The number of rotatable bonds is 12. The van der Waals surface area contributed by atoms with Crippen LogP contribution >= 0.6 is 0 Å². The molecule has 1 fully saturated rings. The summed E-state index contributed by atoms with van der Waals surface area (Å²) in [6, 6.07) is 11.2. The van der Waals surface area contributed by atoms with Crippen molar-refractivity contribution >= 4 is 23.8 Å². The fraction of sp³-hybridized carbons (Fsp3) is 0.459. The molecule has 268 valence electrons. The second-order valence-corrected chi connectivity index (χ2v) is 13.5. The largest absolute Gasteiger partial charge is 0.451 e. The van der Waals surface area contributed by atoms with Crippen LogP contribution in [0.25, 0.3) is 0 Å². The summed E-state index contributed by atoms with van der Waals surface area (Å²) < 4.78 is 30.8. The smallest absolute Gasteiger partial charge is 0.317 e. The van der Waals surface area contributed by atoms with Gasteiger partial charge < -0.3 is 24.4 Å². The standard InChI is InChI=1S/C37H45FN4O8/c1-8-37(9-2,35(47)49-21-48-34(46)36(5,6)7)30-18-17-28(25-11-10-12-26(38)20-25)42(30)33(45)23(4)39-31(43)24-13-15-27(16-14-24)50-29-19-22(3)40-41-32(29)44/h10-16,19-20,23,28,30H,8-9,17-18,21H2,1-7H3,(H,39,43)(H,41,44)/t23-,28+,30-/m1/s1. The molecule has 1 aliphatic heterocycles. The van der Waals surface area contributed by atoms with E-state index in [4.69, 9.17) is 14.2 Å². The van der Waals surface area contributed by atoms with Gasteiger partial charge in [0.2, 0.25) is 12.7 Å². The average molecular weight is 693 g/mol. The number of ether oxygens (including phenoxy) is 3. The second-order valence-electron chi connectivity index (χ2n) is 13.5. The maximum absolute atomic E-state index is 14.4. The summed E-state index contributed by atoms with van der Waals surface area (Å²) in [5.74, 6) is -2.24. The Hall–Kier alpha value is -5.07. The molecule has 3 aromatic rings. The van der Waals surface area contributed by atoms with Crippen molar-refractivity contribution in [1.29, 1.82) is 0 Å². The van der Waals surface area contributed by atoms with Crippen molar-refractivity contribution in [3.63, 3.8) is 0 Å². The summed E-state index contributed by atoms with van der Waals surface area (Å²) in [7, 11) is 0. The van der Waals surface area contributed by atoms with Crippen LogP contribution in [0.15, 0.2) is 59.4 Å². The number of aromatic nitrogens is 2. The predicted octanol–water partition coefficient (Wildman–Crippen LogP) is 5.76. The third kappa shape index (κ3) is 8.38. The van der Waals surface area contributed by atoms with Crippen LogP contribution in [0.5, 0.6) is 11.5 Å². The van der Waals surface area contributed by atoms with Crippen molar-refractivity contribution < 1.29 is 37.8 Å².